The molecule has 0 saturated carbocycles. The number of hydrogen-bond donors (Lipinski definition) is 1. The molecule has 0 rings (SSSR count). The summed E-state index contributed by atoms with van der Waals surface area (Å²) in [5, 5.41) is 0. The minimum absolute atomic E-state index is 0.0914. The van der Waals surface area contributed by atoms with E-state index in [1.54, 1.807) is 0 Å². The third-order valence-corrected chi connectivity index (χ3v) is 2.94. The molecule has 0 radical (unpaired) electrons. The first-order valence-electron chi connectivity index (χ1n) is 4.91. The lowest BCUT2D eigenvalue weighted by Gasteiger charge is -2.08. The molecule has 1 N–H and O–H groups in total. The molecule has 13 heavy (non-hydrogen) atoms. The molecule has 0 spiro atoms. The second-order valence-electron chi connectivity index (χ2n) is 3.68. The van der Waals surface area contributed by atoms with Gasteiger partial charge < -0.3 is 0 Å². The first-order chi connectivity index (χ1) is 5.95. The molecule has 1 atom stereocenters. The predicted octanol–water partition coefficient (Wildman–Crippen LogP) is 2.48. The molecule has 0 heterocycles. The van der Waals surface area contributed by atoms with Crippen LogP contribution < -0.4 is 0 Å². The largest absolute Gasteiger partial charge is 0.286 e. The Balaban J connectivity index is 3.36. The smallest absolute Gasteiger partial charge is 0.264 e. The van der Waals surface area contributed by atoms with Gasteiger partial charge in [0.2, 0.25) is 0 Å². The highest BCUT2D eigenvalue weighted by atomic mass is 32.2. The molecule has 0 saturated heterocycles. The lowest BCUT2D eigenvalue weighted by Crippen LogP contribution is -2.04. The Kier molecular flexibility index (Phi) is 6.33. The van der Waals surface area contributed by atoms with E-state index in [-0.39, 0.29) is 5.75 Å². The van der Waals surface area contributed by atoms with E-state index in [0.717, 1.165) is 12.8 Å². The third kappa shape index (κ3) is 9.83. The highest BCUT2D eigenvalue weighted by molar-refractivity contribution is 7.85. The second-order valence-corrected chi connectivity index (χ2v) is 5.25. The molecule has 0 aliphatic rings. The van der Waals surface area contributed by atoms with Gasteiger partial charge in [-0.3, -0.25) is 4.55 Å². The maximum Gasteiger partial charge on any atom is 0.264 e. The first-order valence-corrected chi connectivity index (χ1v) is 6.51. The van der Waals surface area contributed by atoms with Crippen LogP contribution in [-0.4, -0.2) is 18.7 Å². The number of rotatable bonds is 7. The minimum atomic E-state index is -3.73. The summed E-state index contributed by atoms with van der Waals surface area (Å²) in [6.45, 7) is 4.33. The Bertz CT molecular complexity index is 209. The maximum atomic E-state index is 10.4. The zero-order valence-corrected chi connectivity index (χ0v) is 9.31. The van der Waals surface area contributed by atoms with Crippen molar-refractivity contribution in [1.82, 2.24) is 0 Å². The second kappa shape index (κ2) is 6.38. The molecular formula is C9H20O3S. The van der Waals surface area contributed by atoms with Crippen molar-refractivity contribution in [1.29, 1.82) is 0 Å². The molecule has 1 unspecified atom stereocenters. The van der Waals surface area contributed by atoms with Gasteiger partial charge in [-0.25, -0.2) is 0 Å². The van der Waals surface area contributed by atoms with E-state index in [9.17, 15) is 8.42 Å². The Morgan fingerprint density at radius 2 is 1.85 bits per heavy atom. The summed E-state index contributed by atoms with van der Waals surface area (Å²) in [6, 6.07) is 0. The van der Waals surface area contributed by atoms with Gasteiger partial charge in [-0.05, 0) is 12.3 Å². The van der Waals surface area contributed by atoms with Crippen molar-refractivity contribution in [3.63, 3.8) is 0 Å². The maximum absolute atomic E-state index is 10.4. The Labute approximate surface area is 81.3 Å². The molecule has 3 nitrogen and oxygen atoms in total. The van der Waals surface area contributed by atoms with E-state index < -0.39 is 10.1 Å². The van der Waals surface area contributed by atoms with E-state index in [0.29, 0.717) is 12.3 Å². The zero-order valence-electron chi connectivity index (χ0n) is 8.49. The van der Waals surface area contributed by atoms with Gasteiger partial charge in [0.25, 0.3) is 10.1 Å². The molecule has 0 bridgehead atoms. The van der Waals surface area contributed by atoms with E-state index in [1.807, 2.05) is 0 Å². The molecule has 80 valence electrons. The van der Waals surface area contributed by atoms with E-state index in [2.05, 4.69) is 13.8 Å². The Morgan fingerprint density at radius 3 is 2.31 bits per heavy atom. The van der Waals surface area contributed by atoms with E-state index in [1.165, 1.54) is 12.8 Å². The summed E-state index contributed by atoms with van der Waals surface area (Å²) < 4.78 is 29.2. The molecule has 0 aliphatic heterocycles. The van der Waals surface area contributed by atoms with E-state index in [4.69, 9.17) is 4.55 Å². The standard InChI is InChI=1S/C9H20O3S/c1-3-6-9(2)7-4-5-8-13(10,11)12/h9H,3-8H2,1-2H3,(H,10,11,12). The van der Waals surface area contributed by atoms with Crippen LogP contribution in [0.25, 0.3) is 0 Å². The summed E-state index contributed by atoms with van der Waals surface area (Å²) in [4.78, 5) is 0. The van der Waals surface area contributed by atoms with Crippen LogP contribution >= 0.6 is 0 Å². The monoisotopic (exact) mass is 208 g/mol. The van der Waals surface area contributed by atoms with Crippen LogP contribution in [0.3, 0.4) is 0 Å². The molecule has 0 fully saturated rings. The van der Waals surface area contributed by atoms with Gasteiger partial charge >= 0.3 is 0 Å². The lowest BCUT2D eigenvalue weighted by atomic mass is 10.00. The summed E-state index contributed by atoms with van der Waals surface area (Å²) in [5.74, 6) is 0.581. The summed E-state index contributed by atoms with van der Waals surface area (Å²) in [6.07, 6.45) is 4.91. The van der Waals surface area contributed by atoms with Crippen molar-refractivity contribution >= 4 is 10.1 Å². The molecule has 0 aromatic carbocycles. The Morgan fingerprint density at radius 1 is 1.23 bits per heavy atom. The van der Waals surface area contributed by atoms with Crippen LogP contribution in [0, 0.1) is 5.92 Å². The SMILES string of the molecule is CCCC(C)CCCCS(=O)(=O)O. The summed E-state index contributed by atoms with van der Waals surface area (Å²) >= 11 is 0. The zero-order chi connectivity index (χ0) is 10.3. The van der Waals surface area contributed by atoms with Crippen LogP contribution in [0.2, 0.25) is 0 Å². The molecule has 0 aromatic rings. The summed E-state index contributed by atoms with van der Waals surface area (Å²) in [5.41, 5.74) is 0. The fraction of sp³-hybridized carbons (Fsp3) is 1.00. The fourth-order valence-electron chi connectivity index (χ4n) is 1.41. The van der Waals surface area contributed by atoms with Crippen molar-refractivity contribution in [2.45, 2.75) is 46.0 Å². The minimum Gasteiger partial charge on any atom is -0.286 e. The molecule has 0 amide bonds. The molecular weight excluding hydrogens is 188 g/mol. The average molecular weight is 208 g/mol. The van der Waals surface area contributed by atoms with Crippen molar-refractivity contribution in [3.05, 3.63) is 0 Å². The van der Waals surface area contributed by atoms with Gasteiger partial charge in [0.15, 0.2) is 0 Å². The van der Waals surface area contributed by atoms with Crippen LogP contribution in [0.5, 0.6) is 0 Å². The van der Waals surface area contributed by atoms with Gasteiger partial charge in [0, 0.05) is 0 Å². The van der Waals surface area contributed by atoms with Crippen LogP contribution in [0.4, 0.5) is 0 Å². The van der Waals surface area contributed by atoms with Gasteiger partial charge in [-0.15, -0.1) is 0 Å². The third-order valence-electron chi connectivity index (χ3n) is 2.13. The van der Waals surface area contributed by atoms with Gasteiger partial charge in [-0.2, -0.15) is 8.42 Å². The van der Waals surface area contributed by atoms with Gasteiger partial charge in [0.05, 0.1) is 5.75 Å². The normalized spacial score (nSPS) is 14.4. The summed E-state index contributed by atoms with van der Waals surface area (Å²) in [7, 11) is -3.73. The first kappa shape index (κ1) is 12.9. The van der Waals surface area contributed by atoms with Crippen LogP contribution in [0.15, 0.2) is 0 Å². The van der Waals surface area contributed by atoms with Gasteiger partial charge in [-0.1, -0.05) is 39.5 Å². The topological polar surface area (TPSA) is 54.4 Å². The fourth-order valence-corrected chi connectivity index (χ4v) is 1.98. The lowest BCUT2D eigenvalue weighted by molar-refractivity contribution is 0.455. The van der Waals surface area contributed by atoms with Crippen LogP contribution in [0.1, 0.15) is 46.0 Å². The van der Waals surface area contributed by atoms with Crippen molar-refractivity contribution in [2.24, 2.45) is 5.92 Å². The van der Waals surface area contributed by atoms with Gasteiger partial charge in [0.1, 0.15) is 0 Å². The predicted molar refractivity (Wildman–Crippen MR) is 54.3 cm³/mol. The van der Waals surface area contributed by atoms with Crippen molar-refractivity contribution in [2.75, 3.05) is 5.75 Å². The van der Waals surface area contributed by atoms with Crippen molar-refractivity contribution < 1.29 is 13.0 Å². The quantitative estimate of drug-likeness (QED) is 0.516. The molecule has 4 heteroatoms. The average Bonchev–Trinajstić information content (AvgIpc) is 1.97. The highest BCUT2D eigenvalue weighted by Crippen LogP contribution is 2.13. The number of unbranched alkanes of at least 4 members (excludes halogenated alkanes) is 1. The van der Waals surface area contributed by atoms with Crippen LogP contribution in [-0.2, 0) is 10.1 Å². The van der Waals surface area contributed by atoms with E-state index >= 15 is 0 Å². The molecule has 0 aliphatic carbocycles. The van der Waals surface area contributed by atoms with Crippen molar-refractivity contribution in [3.8, 4) is 0 Å². The molecule has 0 aromatic heterocycles. The Hall–Kier alpha value is -0.0900. The number of hydrogen-bond acceptors (Lipinski definition) is 2. The highest BCUT2D eigenvalue weighted by Gasteiger charge is 2.05.